The topological polar surface area (TPSA) is 47.0 Å². The normalized spacial score (nSPS) is 25.4. The molecule has 2 rings (SSSR count). The van der Waals surface area contributed by atoms with Crippen LogP contribution in [0.3, 0.4) is 0 Å². The molecule has 4 nitrogen and oxygen atoms in total. The minimum Gasteiger partial charge on any atom is -0.378 e. The van der Waals surface area contributed by atoms with Crippen LogP contribution in [0.2, 0.25) is 0 Å². The smallest absolute Gasteiger partial charge is 0.205 e. The van der Waals surface area contributed by atoms with E-state index in [9.17, 15) is 0 Å². The first-order chi connectivity index (χ1) is 8.93. The van der Waals surface area contributed by atoms with Crippen molar-refractivity contribution in [3.05, 3.63) is 5.01 Å². The van der Waals surface area contributed by atoms with E-state index in [1.807, 2.05) is 0 Å². The second-order valence-electron chi connectivity index (χ2n) is 6.30. The number of nitrogens with zero attached hydrogens (tertiary/aromatic N) is 2. The molecule has 0 amide bonds. The largest absolute Gasteiger partial charge is 0.378 e. The molecule has 0 bridgehead atoms. The summed E-state index contributed by atoms with van der Waals surface area (Å²) in [5.41, 5.74) is 0.167. The summed E-state index contributed by atoms with van der Waals surface area (Å²) >= 11 is 1.68. The van der Waals surface area contributed by atoms with Crippen molar-refractivity contribution in [2.24, 2.45) is 11.3 Å². The second kappa shape index (κ2) is 5.75. The van der Waals surface area contributed by atoms with Crippen molar-refractivity contribution in [3.63, 3.8) is 0 Å². The van der Waals surface area contributed by atoms with Crippen molar-refractivity contribution in [2.75, 3.05) is 11.9 Å². The van der Waals surface area contributed by atoms with Gasteiger partial charge in [-0.15, -0.1) is 10.2 Å². The monoisotopic (exact) mass is 283 g/mol. The van der Waals surface area contributed by atoms with Crippen molar-refractivity contribution in [2.45, 2.75) is 59.6 Å². The van der Waals surface area contributed by atoms with E-state index < -0.39 is 0 Å². The fourth-order valence-electron chi connectivity index (χ4n) is 2.51. The molecule has 1 N–H and O–H groups in total. The molecule has 108 valence electrons. The summed E-state index contributed by atoms with van der Waals surface area (Å²) in [5.74, 6) is 0.628. The Bertz CT molecular complexity index is 417. The highest BCUT2D eigenvalue weighted by Gasteiger charge is 2.49. The Morgan fingerprint density at radius 3 is 2.74 bits per heavy atom. The van der Waals surface area contributed by atoms with Crippen molar-refractivity contribution in [1.82, 2.24) is 10.2 Å². The fraction of sp³-hybridized carbons (Fsp3) is 0.857. The van der Waals surface area contributed by atoms with Gasteiger partial charge in [0.15, 0.2) is 0 Å². The zero-order valence-electron chi connectivity index (χ0n) is 12.6. The summed E-state index contributed by atoms with van der Waals surface area (Å²) in [6.45, 7) is 11.8. The van der Waals surface area contributed by atoms with Gasteiger partial charge < -0.3 is 10.1 Å². The zero-order chi connectivity index (χ0) is 14.0. The van der Waals surface area contributed by atoms with Crippen LogP contribution >= 0.6 is 11.3 Å². The van der Waals surface area contributed by atoms with E-state index in [4.69, 9.17) is 4.74 Å². The molecular weight excluding hydrogens is 258 g/mol. The van der Waals surface area contributed by atoms with Gasteiger partial charge in [0.25, 0.3) is 0 Å². The van der Waals surface area contributed by atoms with Crippen LogP contribution in [0.25, 0.3) is 0 Å². The second-order valence-corrected chi connectivity index (χ2v) is 7.36. The van der Waals surface area contributed by atoms with E-state index >= 15 is 0 Å². The average molecular weight is 283 g/mol. The molecule has 0 radical (unpaired) electrons. The highest BCUT2D eigenvalue weighted by Crippen LogP contribution is 2.44. The molecule has 2 unspecified atom stereocenters. The molecule has 19 heavy (non-hydrogen) atoms. The molecule has 0 spiro atoms. The van der Waals surface area contributed by atoms with E-state index in [1.54, 1.807) is 11.3 Å². The first-order valence-corrected chi connectivity index (χ1v) is 7.95. The lowest BCUT2D eigenvalue weighted by molar-refractivity contribution is -0.0976. The molecule has 2 atom stereocenters. The summed E-state index contributed by atoms with van der Waals surface area (Å²) in [6, 6.07) is 0.434. The third kappa shape index (κ3) is 3.26. The Labute approximate surface area is 120 Å². The maximum Gasteiger partial charge on any atom is 0.205 e. The molecule has 1 heterocycles. The van der Waals surface area contributed by atoms with Crippen LogP contribution in [0, 0.1) is 11.3 Å². The first-order valence-electron chi connectivity index (χ1n) is 7.14. The van der Waals surface area contributed by atoms with Gasteiger partial charge in [0.05, 0.1) is 6.10 Å². The average Bonchev–Trinajstić information content (AvgIpc) is 2.74. The molecular formula is C14H25N3OS. The molecule has 0 aromatic carbocycles. The van der Waals surface area contributed by atoms with E-state index in [1.165, 1.54) is 0 Å². The van der Waals surface area contributed by atoms with Crippen molar-refractivity contribution in [1.29, 1.82) is 0 Å². The Morgan fingerprint density at radius 2 is 2.16 bits per heavy atom. The number of anilines is 1. The Kier molecular flexibility index (Phi) is 4.46. The quantitative estimate of drug-likeness (QED) is 0.869. The highest BCUT2D eigenvalue weighted by molar-refractivity contribution is 7.15. The van der Waals surface area contributed by atoms with Gasteiger partial charge in [-0.05, 0) is 19.3 Å². The number of aromatic nitrogens is 2. The Morgan fingerprint density at radius 1 is 1.42 bits per heavy atom. The number of rotatable bonds is 6. The molecule has 0 saturated heterocycles. The predicted molar refractivity (Wildman–Crippen MR) is 79.7 cm³/mol. The van der Waals surface area contributed by atoms with Gasteiger partial charge in [0.2, 0.25) is 5.13 Å². The SMILES string of the molecule is CCOC1CC(Nc2nnc(CC(C)C)s2)C1(C)C. The van der Waals surface area contributed by atoms with Crippen LogP contribution in [0.1, 0.15) is 46.0 Å². The van der Waals surface area contributed by atoms with E-state index in [2.05, 4.69) is 50.1 Å². The summed E-state index contributed by atoms with van der Waals surface area (Å²) in [7, 11) is 0. The molecule has 1 aromatic heterocycles. The van der Waals surface area contributed by atoms with Crippen molar-refractivity contribution in [3.8, 4) is 0 Å². The van der Waals surface area contributed by atoms with Crippen LogP contribution in [0.15, 0.2) is 0 Å². The van der Waals surface area contributed by atoms with Gasteiger partial charge in [0, 0.05) is 24.5 Å². The summed E-state index contributed by atoms with van der Waals surface area (Å²) < 4.78 is 5.75. The maximum atomic E-state index is 5.75. The lowest BCUT2D eigenvalue weighted by atomic mass is 9.64. The highest BCUT2D eigenvalue weighted by atomic mass is 32.1. The van der Waals surface area contributed by atoms with Crippen molar-refractivity contribution < 1.29 is 4.74 Å². The van der Waals surface area contributed by atoms with E-state index in [-0.39, 0.29) is 5.41 Å². The van der Waals surface area contributed by atoms with Gasteiger partial charge in [-0.25, -0.2) is 0 Å². The van der Waals surface area contributed by atoms with Gasteiger partial charge in [-0.2, -0.15) is 0 Å². The van der Waals surface area contributed by atoms with Gasteiger partial charge >= 0.3 is 0 Å². The lowest BCUT2D eigenvalue weighted by Crippen LogP contribution is -2.58. The molecule has 5 heteroatoms. The van der Waals surface area contributed by atoms with Crippen LogP contribution in [-0.4, -0.2) is 29.0 Å². The van der Waals surface area contributed by atoms with E-state index in [0.717, 1.165) is 29.6 Å². The zero-order valence-corrected chi connectivity index (χ0v) is 13.4. The lowest BCUT2D eigenvalue weighted by Gasteiger charge is -2.51. The van der Waals surface area contributed by atoms with Crippen LogP contribution in [0.5, 0.6) is 0 Å². The third-order valence-corrected chi connectivity index (χ3v) is 4.77. The Hall–Kier alpha value is -0.680. The van der Waals surface area contributed by atoms with Gasteiger partial charge in [0.1, 0.15) is 5.01 Å². The number of hydrogen-bond acceptors (Lipinski definition) is 5. The molecule has 1 aliphatic rings. The van der Waals surface area contributed by atoms with Crippen LogP contribution < -0.4 is 5.32 Å². The number of hydrogen-bond donors (Lipinski definition) is 1. The molecule has 1 saturated carbocycles. The predicted octanol–water partition coefficient (Wildman–Crippen LogP) is 3.35. The maximum absolute atomic E-state index is 5.75. The summed E-state index contributed by atoms with van der Waals surface area (Å²) in [4.78, 5) is 0. The summed E-state index contributed by atoms with van der Waals surface area (Å²) in [6.07, 6.45) is 2.42. The van der Waals surface area contributed by atoms with Crippen LogP contribution in [-0.2, 0) is 11.2 Å². The fourth-order valence-corrected chi connectivity index (χ4v) is 3.51. The van der Waals surface area contributed by atoms with Crippen molar-refractivity contribution >= 4 is 16.5 Å². The summed E-state index contributed by atoms with van der Waals surface area (Å²) in [5, 5.41) is 14.1. The minimum atomic E-state index is 0.167. The molecule has 0 aliphatic heterocycles. The third-order valence-electron chi connectivity index (χ3n) is 3.89. The Balaban J connectivity index is 1.90. The van der Waals surface area contributed by atoms with Crippen LogP contribution in [0.4, 0.5) is 5.13 Å². The molecule has 1 aromatic rings. The first kappa shape index (κ1) is 14.7. The number of nitrogens with one attached hydrogen (secondary N) is 1. The minimum absolute atomic E-state index is 0.167. The van der Waals surface area contributed by atoms with E-state index in [0.29, 0.717) is 18.1 Å². The van der Waals surface area contributed by atoms with Gasteiger partial charge in [-0.1, -0.05) is 39.0 Å². The molecule has 1 aliphatic carbocycles. The standard InChI is InChI=1S/C14H25N3OS/c1-6-18-11-8-10(14(11,4)5)15-13-17-16-12(19-13)7-9(2)3/h9-11H,6-8H2,1-5H3,(H,15,17). The molecule has 1 fully saturated rings. The van der Waals surface area contributed by atoms with Gasteiger partial charge in [-0.3, -0.25) is 0 Å². The number of ether oxygens (including phenoxy) is 1.